The molecular weight excluding hydrogens is 398 g/mol. The predicted octanol–water partition coefficient (Wildman–Crippen LogP) is 2.87. The molecule has 0 aliphatic rings. The largest absolute Gasteiger partial charge is 0.494 e. The normalized spacial score (nSPS) is 11.3. The molecule has 0 aromatic heterocycles. The van der Waals surface area contributed by atoms with Crippen molar-refractivity contribution in [2.24, 2.45) is 0 Å². The minimum absolute atomic E-state index is 0.0419. The van der Waals surface area contributed by atoms with Gasteiger partial charge in [0.25, 0.3) is 5.69 Å². The van der Waals surface area contributed by atoms with Gasteiger partial charge < -0.3 is 10.1 Å². The smallest absolute Gasteiger partial charge is 0.271 e. The van der Waals surface area contributed by atoms with Crippen LogP contribution in [0.15, 0.2) is 41.3 Å². The molecule has 2 rings (SSSR count). The van der Waals surface area contributed by atoms with Crippen molar-refractivity contribution >= 4 is 27.3 Å². The number of nitro groups is 1. The van der Waals surface area contributed by atoms with E-state index >= 15 is 0 Å². The first-order valence-electron chi connectivity index (χ1n) is 8.81. The number of carbonyl (C=O) groups is 1. The predicted molar refractivity (Wildman–Crippen MR) is 109 cm³/mol. The molecule has 0 fully saturated rings. The second kappa shape index (κ2) is 9.01. The van der Waals surface area contributed by atoms with Gasteiger partial charge in [-0.25, -0.2) is 8.42 Å². The van der Waals surface area contributed by atoms with E-state index in [1.54, 1.807) is 19.9 Å². The maximum absolute atomic E-state index is 12.8. The lowest BCUT2D eigenvalue weighted by molar-refractivity contribution is -0.384. The van der Waals surface area contributed by atoms with Crippen molar-refractivity contribution in [2.45, 2.75) is 25.7 Å². The van der Waals surface area contributed by atoms with Crippen molar-refractivity contribution in [1.29, 1.82) is 0 Å². The minimum Gasteiger partial charge on any atom is -0.494 e. The fraction of sp³-hybridized carbons (Fsp3) is 0.316. The number of ether oxygens (including phenoxy) is 1. The highest BCUT2D eigenvalue weighted by atomic mass is 32.2. The number of amides is 1. The number of hydrogen-bond donors (Lipinski definition) is 1. The maximum Gasteiger partial charge on any atom is 0.271 e. The molecule has 10 heteroatoms. The Hall–Kier alpha value is -2.98. The Morgan fingerprint density at radius 2 is 1.86 bits per heavy atom. The van der Waals surface area contributed by atoms with Crippen LogP contribution in [-0.2, 0) is 14.8 Å². The summed E-state index contributed by atoms with van der Waals surface area (Å²) in [5.74, 6) is -0.0182. The molecular formula is C19H23N3O6S. The number of non-ortho nitro benzene ring substituents is 1. The van der Waals surface area contributed by atoms with E-state index < -0.39 is 27.4 Å². The van der Waals surface area contributed by atoms with E-state index in [0.29, 0.717) is 23.5 Å². The second-order valence-corrected chi connectivity index (χ2v) is 8.47. The van der Waals surface area contributed by atoms with Gasteiger partial charge >= 0.3 is 0 Å². The lowest BCUT2D eigenvalue weighted by Crippen LogP contribution is -2.35. The minimum atomic E-state index is -3.90. The van der Waals surface area contributed by atoms with Gasteiger partial charge in [-0.15, -0.1) is 0 Å². The second-order valence-electron chi connectivity index (χ2n) is 6.43. The summed E-state index contributed by atoms with van der Waals surface area (Å²) in [6.07, 6.45) is 0. The molecule has 1 amide bonds. The van der Waals surface area contributed by atoms with Crippen LogP contribution in [0, 0.1) is 24.0 Å². The highest BCUT2D eigenvalue weighted by Gasteiger charge is 2.24. The molecule has 1 N–H and O–H groups in total. The average molecular weight is 421 g/mol. The topological polar surface area (TPSA) is 119 Å². The Morgan fingerprint density at radius 3 is 2.45 bits per heavy atom. The fourth-order valence-corrected chi connectivity index (χ4v) is 3.83. The van der Waals surface area contributed by atoms with Crippen LogP contribution in [0.5, 0.6) is 5.75 Å². The Bertz CT molecular complexity index is 1040. The molecule has 2 aromatic carbocycles. The van der Waals surface area contributed by atoms with Crippen molar-refractivity contribution < 1.29 is 22.9 Å². The van der Waals surface area contributed by atoms with E-state index in [1.807, 2.05) is 6.92 Å². The number of carbonyl (C=O) groups excluding carboxylic acids is 1. The Kier molecular flexibility index (Phi) is 6.93. The zero-order valence-electron chi connectivity index (χ0n) is 16.6. The number of benzene rings is 2. The molecule has 0 bridgehead atoms. The van der Waals surface area contributed by atoms with Gasteiger partial charge in [-0.05, 0) is 50.1 Å². The van der Waals surface area contributed by atoms with Crippen LogP contribution in [0.4, 0.5) is 11.4 Å². The Morgan fingerprint density at radius 1 is 1.17 bits per heavy atom. The molecule has 9 nitrogen and oxygen atoms in total. The van der Waals surface area contributed by atoms with Crippen LogP contribution in [0.25, 0.3) is 0 Å². The van der Waals surface area contributed by atoms with Gasteiger partial charge in [0.2, 0.25) is 15.9 Å². The molecule has 0 atom stereocenters. The molecule has 2 aromatic rings. The van der Waals surface area contributed by atoms with Crippen LogP contribution < -0.4 is 10.1 Å². The number of nitrogens with one attached hydrogen (secondary N) is 1. The van der Waals surface area contributed by atoms with E-state index in [-0.39, 0.29) is 16.3 Å². The maximum atomic E-state index is 12.8. The molecule has 0 saturated heterocycles. The molecule has 0 heterocycles. The fourth-order valence-electron chi connectivity index (χ4n) is 2.61. The third kappa shape index (κ3) is 5.30. The summed E-state index contributed by atoms with van der Waals surface area (Å²) in [6.45, 7) is 5.27. The first-order valence-corrected chi connectivity index (χ1v) is 10.2. The molecule has 156 valence electrons. The highest BCUT2D eigenvalue weighted by Crippen LogP contribution is 2.24. The number of nitrogens with zero attached hydrogens (tertiary/aromatic N) is 2. The summed E-state index contributed by atoms with van der Waals surface area (Å²) >= 11 is 0. The summed E-state index contributed by atoms with van der Waals surface area (Å²) in [6, 6.07) is 8.56. The number of anilines is 1. The van der Waals surface area contributed by atoms with Crippen LogP contribution in [-0.4, -0.2) is 43.8 Å². The average Bonchev–Trinajstić information content (AvgIpc) is 2.64. The first-order chi connectivity index (χ1) is 13.6. The van der Waals surface area contributed by atoms with Gasteiger partial charge in [-0.3, -0.25) is 14.9 Å². The van der Waals surface area contributed by atoms with Gasteiger partial charge in [0.1, 0.15) is 5.75 Å². The van der Waals surface area contributed by atoms with Gasteiger partial charge in [0, 0.05) is 19.2 Å². The SMILES string of the molecule is CCOc1ccc(S(=O)(=O)N(C)CC(=O)Nc2cc([N+](=O)[O-])ccc2C)cc1C. The van der Waals surface area contributed by atoms with E-state index in [9.17, 15) is 23.3 Å². The third-order valence-corrected chi connectivity index (χ3v) is 6.03. The van der Waals surface area contributed by atoms with Gasteiger partial charge in [0.15, 0.2) is 0 Å². The molecule has 0 spiro atoms. The summed E-state index contributed by atoms with van der Waals surface area (Å²) in [5, 5.41) is 13.4. The molecule has 0 radical (unpaired) electrons. The summed E-state index contributed by atoms with van der Waals surface area (Å²) < 4.78 is 31.9. The number of nitro benzene ring substituents is 1. The molecule has 0 unspecified atom stereocenters. The van der Waals surface area contributed by atoms with Gasteiger partial charge in [-0.2, -0.15) is 4.31 Å². The van der Waals surface area contributed by atoms with Crippen LogP contribution in [0.3, 0.4) is 0 Å². The van der Waals surface area contributed by atoms with Crippen molar-refractivity contribution in [1.82, 2.24) is 4.31 Å². The number of rotatable bonds is 8. The van der Waals surface area contributed by atoms with E-state index in [4.69, 9.17) is 4.74 Å². The lowest BCUT2D eigenvalue weighted by Gasteiger charge is -2.18. The molecule has 0 saturated carbocycles. The molecule has 0 aliphatic carbocycles. The van der Waals surface area contributed by atoms with E-state index in [0.717, 1.165) is 4.31 Å². The van der Waals surface area contributed by atoms with Crippen molar-refractivity contribution in [3.8, 4) is 5.75 Å². The van der Waals surface area contributed by atoms with E-state index in [1.165, 1.54) is 37.4 Å². The van der Waals surface area contributed by atoms with Crippen molar-refractivity contribution in [2.75, 3.05) is 25.5 Å². The number of sulfonamides is 1. The third-order valence-electron chi connectivity index (χ3n) is 4.23. The van der Waals surface area contributed by atoms with E-state index in [2.05, 4.69) is 5.32 Å². The lowest BCUT2D eigenvalue weighted by atomic mass is 10.2. The zero-order chi connectivity index (χ0) is 21.8. The quantitative estimate of drug-likeness (QED) is 0.517. The van der Waals surface area contributed by atoms with Crippen LogP contribution in [0.1, 0.15) is 18.1 Å². The number of likely N-dealkylation sites (N-methyl/N-ethyl adjacent to an activating group) is 1. The number of hydrogen-bond acceptors (Lipinski definition) is 6. The standard InChI is InChI=1S/C19H23N3O6S/c1-5-28-18-9-8-16(10-14(18)3)29(26,27)21(4)12-19(23)20-17-11-15(22(24)25)7-6-13(17)2/h6-11H,5,12H2,1-4H3,(H,20,23). The van der Waals surface area contributed by atoms with Gasteiger partial charge in [-0.1, -0.05) is 6.07 Å². The highest BCUT2D eigenvalue weighted by molar-refractivity contribution is 7.89. The summed E-state index contributed by atoms with van der Waals surface area (Å²) in [7, 11) is -2.61. The van der Waals surface area contributed by atoms with Crippen LogP contribution in [0.2, 0.25) is 0 Å². The van der Waals surface area contributed by atoms with Crippen LogP contribution >= 0.6 is 0 Å². The summed E-state index contributed by atoms with van der Waals surface area (Å²) in [4.78, 5) is 22.7. The Labute approximate surface area is 169 Å². The first kappa shape index (κ1) is 22.3. The Balaban J connectivity index is 2.15. The molecule has 0 aliphatic heterocycles. The monoisotopic (exact) mass is 421 g/mol. The van der Waals surface area contributed by atoms with Crippen molar-refractivity contribution in [3.05, 3.63) is 57.6 Å². The van der Waals surface area contributed by atoms with Gasteiger partial charge in [0.05, 0.1) is 28.7 Å². The molecule has 29 heavy (non-hydrogen) atoms. The zero-order valence-corrected chi connectivity index (χ0v) is 17.4. The number of aryl methyl sites for hydroxylation is 2. The summed E-state index contributed by atoms with van der Waals surface area (Å²) in [5.41, 5.74) is 1.37. The van der Waals surface area contributed by atoms with Crippen molar-refractivity contribution in [3.63, 3.8) is 0 Å².